The van der Waals surface area contributed by atoms with Crippen LogP contribution in [-0.4, -0.2) is 55.9 Å². The summed E-state index contributed by atoms with van der Waals surface area (Å²) in [6.07, 6.45) is 4.42. The molecule has 18 heavy (non-hydrogen) atoms. The van der Waals surface area contributed by atoms with Crippen molar-refractivity contribution in [2.24, 2.45) is 11.1 Å². The molecule has 0 bridgehead atoms. The maximum absolute atomic E-state index is 12.5. The summed E-state index contributed by atoms with van der Waals surface area (Å²) >= 11 is 0. The number of hydrogen-bond acceptors (Lipinski definition) is 4. The fraction of sp³-hybridized carbons (Fsp3) is 0.923. The van der Waals surface area contributed by atoms with E-state index >= 15 is 0 Å². The molecule has 5 nitrogen and oxygen atoms in total. The van der Waals surface area contributed by atoms with Gasteiger partial charge in [0.1, 0.15) is 0 Å². The van der Waals surface area contributed by atoms with Crippen LogP contribution in [0.2, 0.25) is 0 Å². The molecule has 0 saturated heterocycles. The lowest BCUT2D eigenvalue weighted by Gasteiger charge is -2.38. The molecule has 1 aliphatic rings. The monoisotopic (exact) mass is 258 g/mol. The molecular weight excluding hydrogens is 232 g/mol. The highest BCUT2D eigenvalue weighted by molar-refractivity contribution is 5.83. The molecular formula is C13H26N2O3. The maximum atomic E-state index is 12.5. The summed E-state index contributed by atoms with van der Waals surface area (Å²) in [4.78, 5) is 14.1. The van der Waals surface area contributed by atoms with Crippen molar-refractivity contribution in [3.63, 3.8) is 0 Å². The van der Waals surface area contributed by atoms with E-state index in [0.29, 0.717) is 13.1 Å². The first kappa shape index (κ1) is 15.4. The topological polar surface area (TPSA) is 75.8 Å². The molecule has 0 aromatic rings. The molecule has 1 rings (SSSR count). The van der Waals surface area contributed by atoms with Gasteiger partial charge >= 0.3 is 0 Å². The summed E-state index contributed by atoms with van der Waals surface area (Å²) in [6, 6.07) is 0. The van der Waals surface area contributed by atoms with Gasteiger partial charge in [0, 0.05) is 27.2 Å². The van der Waals surface area contributed by atoms with Gasteiger partial charge in [-0.3, -0.25) is 4.79 Å². The molecule has 1 aliphatic carbocycles. The summed E-state index contributed by atoms with van der Waals surface area (Å²) in [5.74, 6) is 0.0693. The number of ether oxygens (including phenoxy) is 1. The highest BCUT2D eigenvalue weighted by Crippen LogP contribution is 2.36. The Bertz CT molecular complexity index is 265. The third kappa shape index (κ3) is 3.67. The summed E-state index contributed by atoms with van der Waals surface area (Å²) in [7, 11) is 3.26. The second-order valence-corrected chi connectivity index (χ2v) is 5.34. The van der Waals surface area contributed by atoms with Crippen molar-refractivity contribution in [2.45, 2.75) is 38.2 Å². The van der Waals surface area contributed by atoms with Gasteiger partial charge in [-0.1, -0.05) is 19.3 Å². The highest BCUT2D eigenvalue weighted by Gasteiger charge is 2.40. The lowest BCUT2D eigenvalue weighted by atomic mass is 9.73. The predicted molar refractivity (Wildman–Crippen MR) is 70.1 cm³/mol. The van der Waals surface area contributed by atoms with E-state index in [1.54, 1.807) is 11.9 Å². The molecule has 0 aromatic heterocycles. The van der Waals surface area contributed by atoms with Crippen LogP contribution in [-0.2, 0) is 9.53 Å². The average molecular weight is 258 g/mol. The number of aliphatic hydroxyl groups is 1. The van der Waals surface area contributed by atoms with Crippen molar-refractivity contribution in [3.05, 3.63) is 0 Å². The third-order valence-corrected chi connectivity index (χ3v) is 3.85. The first-order valence-corrected chi connectivity index (χ1v) is 6.68. The first-order valence-electron chi connectivity index (χ1n) is 6.68. The van der Waals surface area contributed by atoms with Gasteiger partial charge in [-0.05, 0) is 12.8 Å². The Morgan fingerprint density at radius 1 is 1.44 bits per heavy atom. The summed E-state index contributed by atoms with van der Waals surface area (Å²) < 4.78 is 4.87. The van der Waals surface area contributed by atoms with Crippen molar-refractivity contribution in [1.29, 1.82) is 0 Å². The van der Waals surface area contributed by atoms with Crippen LogP contribution in [0.4, 0.5) is 0 Å². The fourth-order valence-corrected chi connectivity index (χ4v) is 2.78. The van der Waals surface area contributed by atoms with E-state index in [1.807, 2.05) is 0 Å². The van der Waals surface area contributed by atoms with E-state index in [2.05, 4.69) is 0 Å². The first-order chi connectivity index (χ1) is 8.55. The average Bonchev–Trinajstić information content (AvgIpc) is 2.38. The van der Waals surface area contributed by atoms with Crippen LogP contribution in [0.25, 0.3) is 0 Å². The molecule has 0 aromatic carbocycles. The van der Waals surface area contributed by atoms with E-state index in [-0.39, 0.29) is 12.5 Å². The van der Waals surface area contributed by atoms with Gasteiger partial charge < -0.3 is 20.5 Å². The molecule has 1 amide bonds. The third-order valence-electron chi connectivity index (χ3n) is 3.85. The standard InChI is InChI=1S/C13H26N2O3/c1-15(8-11(16)9-18-2)12(17)13(10-14)6-4-3-5-7-13/h11,16H,3-10,14H2,1-2H3. The molecule has 0 heterocycles. The molecule has 3 N–H and O–H groups in total. The fourth-order valence-electron chi connectivity index (χ4n) is 2.78. The van der Waals surface area contributed by atoms with E-state index in [0.717, 1.165) is 25.7 Å². The van der Waals surface area contributed by atoms with E-state index in [9.17, 15) is 9.90 Å². The van der Waals surface area contributed by atoms with E-state index < -0.39 is 11.5 Å². The number of nitrogens with zero attached hydrogens (tertiary/aromatic N) is 1. The van der Waals surface area contributed by atoms with Crippen LogP contribution in [0.15, 0.2) is 0 Å². The van der Waals surface area contributed by atoms with Gasteiger partial charge in [0.15, 0.2) is 0 Å². The van der Waals surface area contributed by atoms with Gasteiger partial charge in [-0.2, -0.15) is 0 Å². The van der Waals surface area contributed by atoms with Crippen LogP contribution in [0, 0.1) is 5.41 Å². The Morgan fingerprint density at radius 2 is 2.06 bits per heavy atom. The number of likely N-dealkylation sites (N-methyl/N-ethyl adjacent to an activating group) is 1. The van der Waals surface area contributed by atoms with E-state index in [1.165, 1.54) is 13.5 Å². The SMILES string of the molecule is COCC(O)CN(C)C(=O)C1(CN)CCCCC1. The zero-order valence-electron chi connectivity index (χ0n) is 11.5. The van der Waals surface area contributed by atoms with Crippen molar-refractivity contribution >= 4 is 5.91 Å². The molecule has 1 fully saturated rings. The zero-order chi connectivity index (χ0) is 13.6. The van der Waals surface area contributed by atoms with Crippen LogP contribution in [0.5, 0.6) is 0 Å². The molecule has 0 radical (unpaired) electrons. The van der Waals surface area contributed by atoms with Crippen molar-refractivity contribution in [1.82, 2.24) is 4.90 Å². The van der Waals surface area contributed by atoms with Crippen molar-refractivity contribution < 1.29 is 14.6 Å². The predicted octanol–water partition coefficient (Wildman–Crippen LogP) is 0.361. The lowest BCUT2D eigenvalue weighted by molar-refractivity contribution is -0.144. The van der Waals surface area contributed by atoms with Crippen molar-refractivity contribution in [2.75, 3.05) is 33.9 Å². The zero-order valence-corrected chi connectivity index (χ0v) is 11.5. The largest absolute Gasteiger partial charge is 0.389 e. The minimum absolute atomic E-state index is 0.0693. The Morgan fingerprint density at radius 3 is 2.56 bits per heavy atom. The molecule has 106 valence electrons. The maximum Gasteiger partial charge on any atom is 0.229 e. The second kappa shape index (κ2) is 7.07. The summed E-state index contributed by atoms with van der Waals surface area (Å²) in [6.45, 7) is 0.943. The number of hydrogen-bond donors (Lipinski definition) is 2. The number of aliphatic hydroxyl groups excluding tert-OH is 1. The molecule has 0 aliphatic heterocycles. The number of carbonyl (C=O) groups excluding carboxylic acids is 1. The van der Waals surface area contributed by atoms with Crippen LogP contribution in [0.3, 0.4) is 0 Å². The quantitative estimate of drug-likeness (QED) is 0.721. The van der Waals surface area contributed by atoms with Gasteiger partial charge in [0.2, 0.25) is 5.91 Å². The smallest absolute Gasteiger partial charge is 0.229 e. The molecule has 1 atom stereocenters. The number of rotatable bonds is 6. The van der Waals surface area contributed by atoms with Gasteiger partial charge in [0.25, 0.3) is 0 Å². The van der Waals surface area contributed by atoms with Gasteiger partial charge in [0.05, 0.1) is 18.1 Å². The number of carbonyl (C=O) groups is 1. The van der Waals surface area contributed by atoms with Crippen LogP contribution >= 0.6 is 0 Å². The number of amides is 1. The second-order valence-electron chi connectivity index (χ2n) is 5.34. The number of nitrogens with two attached hydrogens (primary N) is 1. The van der Waals surface area contributed by atoms with Crippen LogP contribution < -0.4 is 5.73 Å². The summed E-state index contributed by atoms with van der Waals surface area (Å²) in [5.41, 5.74) is 5.43. The Kier molecular flexibility index (Phi) is 6.05. The molecule has 1 unspecified atom stereocenters. The molecule has 1 saturated carbocycles. The highest BCUT2D eigenvalue weighted by atomic mass is 16.5. The Hall–Kier alpha value is -0.650. The minimum atomic E-state index is -0.637. The summed E-state index contributed by atoms with van der Waals surface area (Å²) in [5, 5.41) is 9.67. The number of methoxy groups -OCH3 is 1. The Balaban J connectivity index is 2.59. The van der Waals surface area contributed by atoms with Gasteiger partial charge in [-0.25, -0.2) is 0 Å². The van der Waals surface area contributed by atoms with Crippen LogP contribution in [0.1, 0.15) is 32.1 Å². The Labute approximate surface area is 109 Å². The molecule has 5 heteroatoms. The normalized spacial score (nSPS) is 20.4. The minimum Gasteiger partial charge on any atom is -0.389 e. The van der Waals surface area contributed by atoms with Gasteiger partial charge in [-0.15, -0.1) is 0 Å². The molecule has 0 spiro atoms. The van der Waals surface area contributed by atoms with Crippen molar-refractivity contribution in [3.8, 4) is 0 Å². The van der Waals surface area contributed by atoms with E-state index in [4.69, 9.17) is 10.5 Å². The lowest BCUT2D eigenvalue weighted by Crippen LogP contribution is -2.49.